The molecule has 88 valence electrons. The van der Waals surface area contributed by atoms with Gasteiger partial charge in [-0.05, 0) is 43.7 Å². The van der Waals surface area contributed by atoms with Crippen molar-refractivity contribution >= 4 is 0 Å². The van der Waals surface area contributed by atoms with E-state index in [1.54, 1.807) is 0 Å². The molecule has 0 heterocycles. The molecule has 1 aliphatic carbocycles. The molecule has 2 heteroatoms. The largest absolute Gasteiger partial charge is 0.328 e. The van der Waals surface area contributed by atoms with Gasteiger partial charge in [-0.2, -0.15) is 0 Å². The van der Waals surface area contributed by atoms with Gasteiger partial charge in [-0.1, -0.05) is 30.3 Å². The fraction of sp³-hybridized carbons (Fsp3) is 0.571. The molecule has 1 aromatic carbocycles. The van der Waals surface area contributed by atoms with Crippen LogP contribution in [-0.2, 0) is 6.54 Å². The summed E-state index contributed by atoms with van der Waals surface area (Å²) in [6.07, 6.45) is 5.00. The summed E-state index contributed by atoms with van der Waals surface area (Å²) >= 11 is 0. The highest BCUT2D eigenvalue weighted by atomic mass is 14.9. The van der Waals surface area contributed by atoms with Crippen molar-refractivity contribution in [2.24, 2.45) is 11.7 Å². The van der Waals surface area contributed by atoms with Crippen LogP contribution < -0.4 is 11.1 Å². The predicted molar refractivity (Wildman–Crippen MR) is 68.1 cm³/mol. The van der Waals surface area contributed by atoms with E-state index < -0.39 is 0 Å². The summed E-state index contributed by atoms with van der Waals surface area (Å²) in [6.45, 7) is 2.13. The van der Waals surface area contributed by atoms with Crippen molar-refractivity contribution < 1.29 is 0 Å². The van der Waals surface area contributed by atoms with E-state index in [2.05, 4.69) is 35.6 Å². The zero-order valence-corrected chi connectivity index (χ0v) is 9.86. The van der Waals surface area contributed by atoms with Gasteiger partial charge in [0, 0.05) is 12.6 Å². The smallest absolute Gasteiger partial charge is 0.0205 e. The van der Waals surface area contributed by atoms with Crippen molar-refractivity contribution in [3.63, 3.8) is 0 Å². The zero-order chi connectivity index (χ0) is 11.2. The molecule has 0 aliphatic heterocycles. The lowest BCUT2D eigenvalue weighted by Crippen LogP contribution is -2.31. The van der Waals surface area contributed by atoms with Crippen LogP contribution in [-0.4, -0.2) is 12.6 Å². The molecule has 2 rings (SSSR count). The Labute approximate surface area is 98.2 Å². The van der Waals surface area contributed by atoms with Crippen molar-refractivity contribution in [3.05, 3.63) is 35.9 Å². The average Bonchev–Trinajstić information content (AvgIpc) is 2.33. The van der Waals surface area contributed by atoms with Crippen LogP contribution >= 0.6 is 0 Å². The second-order valence-electron chi connectivity index (χ2n) is 4.90. The van der Waals surface area contributed by atoms with E-state index in [0.717, 1.165) is 19.0 Å². The summed E-state index contributed by atoms with van der Waals surface area (Å²) in [5.74, 6) is 0.837. The fourth-order valence-corrected chi connectivity index (χ4v) is 2.41. The van der Waals surface area contributed by atoms with Crippen molar-refractivity contribution in [2.45, 2.75) is 38.3 Å². The van der Waals surface area contributed by atoms with Gasteiger partial charge in [-0.15, -0.1) is 0 Å². The third kappa shape index (κ3) is 3.62. The summed E-state index contributed by atoms with van der Waals surface area (Å²) in [4.78, 5) is 0. The van der Waals surface area contributed by atoms with E-state index in [4.69, 9.17) is 5.73 Å². The molecule has 0 spiro atoms. The molecule has 0 amide bonds. The number of hydrogen-bond acceptors (Lipinski definition) is 2. The standard InChI is InChI=1S/C14H22N2/c15-14-8-6-13(7-9-14)11-16-10-12-4-2-1-3-5-12/h1-5,13-14,16H,6-11,15H2. The van der Waals surface area contributed by atoms with Crippen molar-refractivity contribution in [1.82, 2.24) is 5.32 Å². The van der Waals surface area contributed by atoms with Gasteiger partial charge in [0.05, 0.1) is 0 Å². The van der Waals surface area contributed by atoms with Gasteiger partial charge >= 0.3 is 0 Å². The van der Waals surface area contributed by atoms with Crippen LogP contribution in [0, 0.1) is 5.92 Å². The van der Waals surface area contributed by atoms with Gasteiger partial charge < -0.3 is 11.1 Å². The zero-order valence-electron chi connectivity index (χ0n) is 9.86. The summed E-state index contributed by atoms with van der Waals surface area (Å²) in [7, 11) is 0. The highest BCUT2D eigenvalue weighted by molar-refractivity contribution is 5.14. The first-order chi connectivity index (χ1) is 7.84. The monoisotopic (exact) mass is 218 g/mol. The van der Waals surface area contributed by atoms with E-state index in [1.807, 2.05) is 0 Å². The van der Waals surface area contributed by atoms with E-state index in [-0.39, 0.29) is 0 Å². The van der Waals surface area contributed by atoms with Crippen LogP contribution in [0.4, 0.5) is 0 Å². The first-order valence-corrected chi connectivity index (χ1v) is 6.35. The Morgan fingerprint density at radius 1 is 1.06 bits per heavy atom. The van der Waals surface area contributed by atoms with E-state index in [1.165, 1.54) is 31.2 Å². The molecule has 0 aromatic heterocycles. The van der Waals surface area contributed by atoms with Crippen molar-refractivity contribution in [1.29, 1.82) is 0 Å². The first-order valence-electron chi connectivity index (χ1n) is 6.35. The average molecular weight is 218 g/mol. The van der Waals surface area contributed by atoms with Gasteiger partial charge in [0.15, 0.2) is 0 Å². The van der Waals surface area contributed by atoms with E-state index in [9.17, 15) is 0 Å². The molecule has 1 fully saturated rings. The summed E-state index contributed by atoms with van der Waals surface area (Å²) < 4.78 is 0. The third-order valence-corrected chi connectivity index (χ3v) is 3.50. The number of benzene rings is 1. The highest BCUT2D eigenvalue weighted by Crippen LogP contribution is 2.22. The minimum atomic E-state index is 0.463. The van der Waals surface area contributed by atoms with Crippen LogP contribution in [0.3, 0.4) is 0 Å². The van der Waals surface area contributed by atoms with E-state index in [0.29, 0.717) is 6.04 Å². The van der Waals surface area contributed by atoms with Crippen molar-refractivity contribution in [3.8, 4) is 0 Å². The van der Waals surface area contributed by atoms with Gasteiger partial charge in [0.2, 0.25) is 0 Å². The summed E-state index contributed by atoms with van der Waals surface area (Å²) in [6, 6.07) is 11.1. The number of hydrogen-bond donors (Lipinski definition) is 2. The second-order valence-corrected chi connectivity index (χ2v) is 4.90. The van der Waals surface area contributed by atoms with Crippen LogP contribution in [0.25, 0.3) is 0 Å². The van der Waals surface area contributed by atoms with Gasteiger partial charge in [0.1, 0.15) is 0 Å². The molecule has 1 saturated carbocycles. The topological polar surface area (TPSA) is 38.0 Å². The lowest BCUT2D eigenvalue weighted by atomic mass is 9.86. The molecule has 1 aromatic rings. The minimum absolute atomic E-state index is 0.463. The number of nitrogens with two attached hydrogens (primary N) is 1. The normalized spacial score (nSPS) is 25.6. The van der Waals surface area contributed by atoms with Crippen LogP contribution in [0.2, 0.25) is 0 Å². The molecular weight excluding hydrogens is 196 g/mol. The molecule has 16 heavy (non-hydrogen) atoms. The predicted octanol–water partition coefficient (Wildman–Crippen LogP) is 2.29. The molecule has 0 radical (unpaired) electrons. The van der Waals surface area contributed by atoms with Crippen LogP contribution in [0.5, 0.6) is 0 Å². The molecule has 0 saturated heterocycles. The molecule has 0 atom stereocenters. The maximum absolute atomic E-state index is 5.90. The SMILES string of the molecule is NC1CCC(CNCc2ccccc2)CC1. The van der Waals surface area contributed by atoms with Gasteiger partial charge in [-0.25, -0.2) is 0 Å². The molecular formula is C14H22N2. The Morgan fingerprint density at radius 2 is 1.75 bits per heavy atom. The molecule has 1 aliphatic rings. The Morgan fingerprint density at radius 3 is 2.44 bits per heavy atom. The minimum Gasteiger partial charge on any atom is -0.328 e. The maximum Gasteiger partial charge on any atom is 0.0205 e. The summed E-state index contributed by atoms with van der Waals surface area (Å²) in [5, 5.41) is 3.55. The van der Waals surface area contributed by atoms with Crippen molar-refractivity contribution in [2.75, 3.05) is 6.54 Å². The third-order valence-electron chi connectivity index (χ3n) is 3.50. The van der Waals surface area contributed by atoms with Crippen LogP contribution in [0.1, 0.15) is 31.2 Å². The first kappa shape index (κ1) is 11.6. The van der Waals surface area contributed by atoms with E-state index >= 15 is 0 Å². The lowest BCUT2D eigenvalue weighted by Gasteiger charge is -2.26. The molecule has 2 nitrogen and oxygen atoms in total. The maximum atomic E-state index is 5.90. The number of nitrogens with one attached hydrogen (secondary N) is 1. The fourth-order valence-electron chi connectivity index (χ4n) is 2.41. The number of rotatable bonds is 4. The Balaban J connectivity index is 1.65. The Kier molecular flexibility index (Phi) is 4.37. The van der Waals surface area contributed by atoms with Gasteiger partial charge in [0.25, 0.3) is 0 Å². The lowest BCUT2D eigenvalue weighted by molar-refractivity contribution is 0.314. The van der Waals surface area contributed by atoms with Crippen LogP contribution in [0.15, 0.2) is 30.3 Å². The highest BCUT2D eigenvalue weighted by Gasteiger charge is 2.17. The molecule has 0 unspecified atom stereocenters. The summed E-state index contributed by atoms with van der Waals surface area (Å²) in [5.41, 5.74) is 7.27. The Hall–Kier alpha value is -0.860. The van der Waals surface area contributed by atoms with Gasteiger partial charge in [-0.3, -0.25) is 0 Å². The second kappa shape index (κ2) is 6.02. The molecule has 0 bridgehead atoms. The quantitative estimate of drug-likeness (QED) is 0.813. The Bertz CT molecular complexity index is 289. The molecule has 3 N–H and O–H groups in total.